The van der Waals surface area contributed by atoms with Crippen molar-refractivity contribution in [1.82, 2.24) is 9.84 Å². The summed E-state index contributed by atoms with van der Waals surface area (Å²) in [6, 6.07) is 7.01. The van der Waals surface area contributed by atoms with Crippen LogP contribution in [0.15, 0.2) is 53.5 Å². The van der Waals surface area contributed by atoms with Crippen LogP contribution in [-0.2, 0) is 10.0 Å². The number of hydrazine groups is 1. The number of benzene rings is 1. The highest BCUT2D eigenvalue weighted by atomic mass is 32.2. The Hall–Kier alpha value is -1.43. The number of allylic oxidation sites excluding steroid dienone is 2. The topological polar surface area (TPSA) is 49.4 Å². The van der Waals surface area contributed by atoms with Crippen LogP contribution in [0.4, 0.5) is 0 Å². The molecule has 1 N–H and O–H groups in total. The highest BCUT2D eigenvalue weighted by Gasteiger charge is 2.56. The molecule has 3 aliphatic rings. The summed E-state index contributed by atoms with van der Waals surface area (Å²) in [5.74, 6) is 0. The first-order chi connectivity index (χ1) is 11.4. The van der Waals surface area contributed by atoms with Gasteiger partial charge in [-0.1, -0.05) is 54.8 Å². The maximum atomic E-state index is 12.7. The second kappa shape index (κ2) is 5.55. The quantitative estimate of drug-likeness (QED) is 0.916. The Morgan fingerprint density at radius 2 is 1.50 bits per heavy atom. The number of aryl methyl sites for hydroxylation is 1. The Balaban J connectivity index is 1.60. The lowest BCUT2D eigenvalue weighted by molar-refractivity contribution is 0.131. The molecule has 0 spiro atoms. The summed E-state index contributed by atoms with van der Waals surface area (Å²) in [5.41, 5.74) is 1.21. The van der Waals surface area contributed by atoms with Crippen LogP contribution in [0, 0.1) is 17.8 Å². The molecule has 0 bridgehead atoms. The average Bonchev–Trinajstić information content (AvgIpc) is 2.88. The van der Waals surface area contributed by atoms with Crippen LogP contribution >= 0.6 is 0 Å². The van der Waals surface area contributed by atoms with E-state index >= 15 is 0 Å². The van der Waals surface area contributed by atoms with Crippen LogP contribution in [0.5, 0.6) is 0 Å². The van der Waals surface area contributed by atoms with Crippen molar-refractivity contribution in [2.45, 2.75) is 37.5 Å². The van der Waals surface area contributed by atoms with Gasteiger partial charge in [0.2, 0.25) is 0 Å². The van der Waals surface area contributed by atoms with E-state index in [1.54, 1.807) is 12.1 Å². The van der Waals surface area contributed by atoms with E-state index in [1.807, 2.05) is 24.1 Å². The number of hydrogen-bond donors (Lipinski definition) is 1. The SMILES string of the molecule is Cc1ccc(S(=O)(=O)NN2C[C@@]34C=CC=C[C@]3(CCCC4)C2)cc1. The third-order valence-corrected chi connectivity index (χ3v) is 7.35. The number of nitrogens with one attached hydrogen (secondary N) is 1. The summed E-state index contributed by atoms with van der Waals surface area (Å²) in [4.78, 5) is 3.16. The van der Waals surface area contributed by atoms with Gasteiger partial charge >= 0.3 is 0 Å². The van der Waals surface area contributed by atoms with Gasteiger partial charge in [0, 0.05) is 23.9 Å². The van der Waals surface area contributed by atoms with Gasteiger partial charge in [0.15, 0.2) is 0 Å². The first-order valence-electron chi connectivity index (χ1n) is 8.66. The Morgan fingerprint density at radius 1 is 0.958 bits per heavy atom. The molecule has 1 saturated heterocycles. The fraction of sp³-hybridized carbons (Fsp3) is 0.474. The second-order valence-electron chi connectivity index (χ2n) is 7.50. The van der Waals surface area contributed by atoms with E-state index in [9.17, 15) is 8.42 Å². The second-order valence-corrected chi connectivity index (χ2v) is 9.16. The van der Waals surface area contributed by atoms with Gasteiger partial charge < -0.3 is 0 Å². The van der Waals surface area contributed by atoms with Crippen LogP contribution in [0.2, 0.25) is 0 Å². The molecule has 1 aromatic carbocycles. The highest BCUT2D eigenvalue weighted by molar-refractivity contribution is 7.89. The third-order valence-electron chi connectivity index (χ3n) is 5.96. The lowest BCUT2D eigenvalue weighted by Crippen LogP contribution is -2.42. The van der Waals surface area contributed by atoms with E-state index in [-0.39, 0.29) is 10.8 Å². The molecule has 0 amide bonds. The lowest BCUT2D eigenvalue weighted by atomic mass is 9.56. The maximum Gasteiger partial charge on any atom is 0.253 e. The lowest BCUT2D eigenvalue weighted by Gasteiger charge is -2.46. The number of rotatable bonds is 3. The fourth-order valence-corrected chi connectivity index (χ4v) is 5.75. The molecule has 2 atom stereocenters. The smallest absolute Gasteiger partial charge is 0.229 e. The Bertz CT molecular complexity index is 767. The first kappa shape index (κ1) is 16.1. The van der Waals surface area contributed by atoms with Gasteiger partial charge in [-0.2, -0.15) is 0 Å². The molecule has 2 fully saturated rings. The van der Waals surface area contributed by atoms with Crippen molar-refractivity contribution in [2.75, 3.05) is 13.1 Å². The van der Waals surface area contributed by atoms with Crippen molar-refractivity contribution in [1.29, 1.82) is 0 Å². The van der Waals surface area contributed by atoms with E-state index in [4.69, 9.17) is 0 Å². The molecule has 128 valence electrons. The molecular weight excluding hydrogens is 320 g/mol. The van der Waals surface area contributed by atoms with E-state index in [2.05, 4.69) is 29.1 Å². The van der Waals surface area contributed by atoms with Crippen molar-refractivity contribution in [3.8, 4) is 0 Å². The normalized spacial score (nSPS) is 32.5. The fourth-order valence-electron chi connectivity index (χ4n) is 4.68. The standard InChI is InChI=1S/C19H24N2O2S/c1-16-6-8-17(9-7-16)24(22,23)20-21-14-18-10-2-3-11-19(18,15-21)13-5-4-12-18/h2-3,6-11,20H,4-5,12-15H2,1H3/t18-,19-/m0/s1. The van der Waals surface area contributed by atoms with Crippen molar-refractivity contribution in [3.63, 3.8) is 0 Å². The molecule has 0 aromatic heterocycles. The van der Waals surface area contributed by atoms with E-state index in [0.717, 1.165) is 31.5 Å². The van der Waals surface area contributed by atoms with Crippen molar-refractivity contribution < 1.29 is 8.42 Å². The van der Waals surface area contributed by atoms with E-state index in [0.29, 0.717) is 4.90 Å². The summed E-state index contributed by atoms with van der Waals surface area (Å²) >= 11 is 0. The number of nitrogens with zero attached hydrogens (tertiary/aromatic N) is 1. The molecule has 2 aliphatic carbocycles. The molecule has 24 heavy (non-hydrogen) atoms. The Kier molecular flexibility index (Phi) is 3.71. The summed E-state index contributed by atoms with van der Waals surface area (Å²) < 4.78 is 25.4. The predicted octanol–water partition coefficient (Wildman–Crippen LogP) is 3.18. The zero-order valence-corrected chi connectivity index (χ0v) is 14.8. The minimum Gasteiger partial charge on any atom is -0.229 e. The molecule has 5 heteroatoms. The monoisotopic (exact) mass is 344 g/mol. The molecule has 1 heterocycles. The van der Waals surface area contributed by atoms with Crippen molar-refractivity contribution >= 4 is 10.0 Å². The number of hydrogen-bond acceptors (Lipinski definition) is 3. The number of sulfonamides is 1. The minimum absolute atomic E-state index is 0.0792. The minimum atomic E-state index is -3.53. The Morgan fingerprint density at radius 3 is 2.04 bits per heavy atom. The summed E-state index contributed by atoms with van der Waals surface area (Å²) in [6.07, 6.45) is 13.6. The van der Waals surface area contributed by atoms with Crippen LogP contribution in [0.3, 0.4) is 0 Å². The van der Waals surface area contributed by atoms with Gasteiger partial charge in [-0.05, 0) is 31.9 Å². The zero-order valence-electron chi connectivity index (χ0n) is 14.0. The maximum absolute atomic E-state index is 12.7. The summed E-state index contributed by atoms with van der Waals surface area (Å²) in [7, 11) is -3.53. The molecule has 0 radical (unpaired) electrons. The van der Waals surface area contributed by atoms with Gasteiger partial charge in [-0.25, -0.2) is 13.4 Å². The van der Waals surface area contributed by atoms with Gasteiger partial charge in [0.1, 0.15) is 0 Å². The molecule has 1 saturated carbocycles. The van der Waals surface area contributed by atoms with Crippen LogP contribution < -0.4 is 4.83 Å². The highest BCUT2D eigenvalue weighted by Crippen LogP contribution is 2.58. The molecular formula is C19H24N2O2S. The van der Waals surface area contributed by atoms with E-state index < -0.39 is 10.0 Å². The summed E-state index contributed by atoms with van der Waals surface area (Å²) in [5, 5.41) is 1.92. The van der Waals surface area contributed by atoms with Gasteiger partial charge in [0.05, 0.1) is 4.90 Å². The first-order valence-corrected chi connectivity index (χ1v) is 10.1. The van der Waals surface area contributed by atoms with Gasteiger partial charge in [-0.15, -0.1) is 4.83 Å². The third kappa shape index (κ3) is 2.46. The molecule has 1 aliphatic heterocycles. The van der Waals surface area contributed by atoms with Crippen molar-refractivity contribution in [3.05, 3.63) is 54.1 Å². The van der Waals surface area contributed by atoms with Gasteiger partial charge in [-0.3, -0.25) is 0 Å². The zero-order chi connectivity index (χ0) is 16.8. The van der Waals surface area contributed by atoms with E-state index in [1.165, 1.54) is 12.8 Å². The molecule has 0 unspecified atom stereocenters. The van der Waals surface area contributed by atoms with Crippen LogP contribution in [0.25, 0.3) is 0 Å². The molecule has 1 aromatic rings. The molecule has 4 rings (SSSR count). The Labute approximate surface area is 144 Å². The van der Waals surface area contributed by atoms with Gasteiger partial charge in [0.25, 0.3) is 10.0 Å². The van der Waals surface area contributed by atoms with Crippen LogP contribution in [-0.4, -0.2) is 26.5 Å². The van der Waals surface area contributed by atoms with Crippen molar-refractivity contribution in [2.24, 2.45) is 10.8 Å². The molecule has 4 nitrogen and oxygen atoms in total. The largest absolute Gasteiger partial charge is 0.253 e. The predicted molar refractivity (Wildman–Crippen MR) is 94.7 cm³/mol. The van der Waals surface area contributed by atoms with Crippen LogP contribution in [0.1, 0.15) is 31.2 Å². The summed E-state index contributed by atoms with van der Waals surface area (Å²) in [6.45, 7) is 3.45. The average molecular weight is 344 g/mol.